The van der Waals surface area contributed by atoms with Crippen LogP contribution in [0.25, 0.3) is 0 Å². The summed E-state index contributed by atoms with van der Waals surface area (Å²) in [7, 11) is 0. The number of amides is 4. The van der Waals surface area contributed by atoms with Crippen LogP contribution in [0.4, 0.5) is 4.79 Å². The Hall–Kier alpha value is -2.45. The summed E-state index contributed by atoms with van der Waals surface area (Å²) in [6.45, 7) is 7.71. The number of hydrogen-bond acceptors (Lipinski definition) is 5. The molecule has 2 rings (SSSR count). The number of Topliss-reactive ketones (excluding diaryl/α,β-unsaturated/α-hetero) is 1. The minimum atomic E-state index is -0.815. The SMILES string of the molecule is CCC1(NC(=O)NC(C(=O)N2CCCC2C(=O)NCC(=O)C=O)C(C)(C)C)CCCCC1. The number of rotatable bonds is 8. The molecular weight excluding hydrogens is 412 g/mol. The van der Waals surface area contributed by atoms with Crippen molar-refractivity contribution >= 4 is 29.9 Å². The second-order valence-electron chi connectivity index (χ2n) is 10.1. The Bertz CT molecular complexity index is 724. The van der Waals surface area contributed by atoms with Crippen LogP contribution in [-0.2, 0) is 19.2 Å². The van der Waals surface area contributed by atoms with E-state index in [0.717, 1.165) is 32.1 Å². The summed E-state index contributed by atoms with van der Waals surface area (Å²) < 4.78 is 0. The molecular formula is C23H38N4O5. The van der Waals surface area contributed by atoms with Crippen LogP contribution in [0.15, 0.2) is 0 Å². The van der Waals surface area contributed by atoms with Crippen molar-refractivity contribution in [2.24, 2.45) is 5.41 Å². The Labute approximate surface area is 190 Å². The Morgan fingerprint density at radius 1 is 1.09 bits per heavy atom. The first kappa shape index (κ1) is 25.8. The number of likely N-dealkylation sites (tertiary alicyclic amines) is 1. The zero-order chi connectivity index (χ0) is 23.9. The second kappa shape index (κ2) is 10.9. The quantitative estimate of drug-likeness (QED) is 0.383. The van der Waals surface area contributed by atoms with E-state index in [0.29, 0.717) is 19.4 Å². The van der Waals surface area contributed by atoms with E-state index in [1.165, 1.54) is 11.3 Å². The van der Waals surface area contributed by atoms with Crippen LogP contribution in [0.5, 0.6) is 0 Å². The molecule has 0 spiro atoms. The van der Waals surface area contributed by atoms with Gasteiger partial charge in [-0.25, -0.2) is 4.79 Å². The topological polar surface area (TPSA) is 125 Å². The summed E-state index contributed by atoms with van der Waals surface area (Å²) >= 11 is 0. The lowest BCUT2D eigenvalue weighted by atomic mass is 9.80. The van der Waals surface area contributed by atoms with Crippen LogP contribution in [0.3, 0.4) is 0 Å². The van der Waals surface area contributed by atoms with E-state index in [1.807, 2.05) is 20.8 Å². The van der Waals surface area contributed by atoms with E-state index in [2.05, 4.69) is 22.9 Å². The standard InChI is InChI=1S/C23H38N4O5/c1-5-23(11-7-6-8-12-23)26-21(32)25-18(22(2,3)4)20(31)27-13-9-10-17(27)19(30)24-14-16(29)15-28/h15,17-18H,5-14H2,1-4H3,(H,24,30)(H2,25,26,32). The fraction of sp³-hybridized carbons (Fsp3) is 0.783. The van der Waals surface area contributed by atoms with E-state index < -0.39 is 29.2 Å². The summed E-state index contributed by atoms with van der Waals surface area (Å²) in [4.78, 5) is 62.1. The van der Waals surface area contributed by atoms with Gasteiger partial charge >= 0.3 is 6.03 Å². The molecule has 1 aliphatic carbocycles. The molecule has 9 heteroatoms. The average molecular weight is 451 g/mol. The number of ketones is 1. The first-order chi connectivity index (χ1) is 15.0. The van der Waals surface area contributed by atoms with Gasteiger partial charge in [0, 0.05) is 12.1 Å². The van der Waals surface area contributed by atoms with Crippen molar-refractivity contribution in [1.29, 1.82) is 0 Å². The van der Waals surface area contributed by atoms with Crippen molar-refractivity contribution in [1.82, 2.24) is 20.9 Å². The van der Waals surface area contributed by atoms with Crippen LogP contribution in [0.1, 0.15) is 79.1 Å². The maximum absolute atomic E-state index is 13.5. The third kappa shape index (κ3) is 6.53. The highest BCUT2D eigenvalue weighted by Crippen LogP contribution is 2.31. The first-order valence-electron chi connectivity index (χ1n) is 11.7. The number of hydrogen-bond donors (Lipinski definition) is 3. The van der Waals surface area contributed by atoms with Crippen LogP contribution < -0.4 is 16.0 Å². The number of urea groups is 1. The highest BCUT2D eigenvalue weighted by Gasteiger charge is 2.42. The van der Waals surface area contributed by atoms with E-state index in [-0.39, 0.29) is 30.3 Å². The van der Waals surface area contributed by atoms with E-state index in [1.54, 1.807) is 0 Å². The lowest BCUT2D eigenvalue weighted by Crippen LogP contribution is -2.61. The van der Waals surface area contributed by atoms with E-state index in [4.69, 9.17) is 0 Å². The highest BCUT2D eigenvalue weighted by molar-refractivity contribution is 6.26. The lowest BCUT2D eigenvalue weighted by molar-refractivity contribution is -0.142. The fourth-order valence-corrected chi connectivity index (χ4v) is 4.65. The van der Waals surface area contributed by atoms with E-state index in [9.17, 15) is 24.0 Å². The predicted molar refractivity (Wildman–Crippen MR) is 120 cm³/mol. The second-order valence-corrected chi connectivity index (χ2v) is 10.1. The molecule has 1 aliphatic heterocycles. The molecule has 2 fully saturated rings. The van der Waals surface area contributed by atoms with Gasteiger partial charge in [0.25, 0.3) is 0 Å². The molecule has 0 aromatic heterocycles. The lowest BCUT2D eigenvalue weighted by Gasteiger charge is -2.39. The van der Waals surface area contributed by atoms with Gasteiger partial charge in [-0.15, -0.1) is 0 Å². The van der Waals surface area contributed by atoms with Crippen molar-refractivity contribution in [2.75, 3.05) is 13.1 Å². The van der Waals surface area contributed by atoms with Crippen molar-refractivity contribution < 1.29 is 24.0 Å². The van der Waals surface area contributed by atoms with Crippen LogP contribution in [0, 0.1) is 5.41 Å². The average Bonchev–Trinajstić information content (AvgIpc) is 3.25. The molecule has 180 valence electrons. The van der Waals surface area contributed by atoms with Gasteiger partial charge in [0.05, 0.1) is 6.54 Å². The van der Waals surface area contributed by atoms with Gasteiger partial charge < -0.3 is 20.9 Å². The summed E-state index contributed by atoms with van der Waals surface area (Å²) in [5.74, 6) is -1.51. The van der Waals surface area contributed by atoms with Gasteiger partial charge in [-0.3, -0.25) is 19.2 Å². The molecule has 2 atom stereocenters. The Kier molecular flexibility index (Phi) is 8.81. The summed E-state index contributed by atoms with van der Waals surface area (Å²) in [5.41, 5.74) is -0.813. The zero-order valence-electron chi connectivity index (χ0n) is 19.8. The smallest absolute Gasteiger partial charge is 0.315 e. The summed E-state index contributed by atoms with van der Waals surface area (Å²) in [6.07, 6.45) is 7.29. The first-order valence-corrected chi connectivity index (χ1v) is 11.7. The van der Waals surface area contributed by atoms with E-state index >= 15 is 0 Å². The summed E-state index contributed by atoms with van der Waals surface area (Å²) in [6, 6.07) is -1.90. The Morgan fingerprint density at radius 3 is 2.31 bits per heavy atom. The molecule has 0 aromatic carbocycles. The minimum Gasteiger partial charge on any atom is -0.347 e. The molecule has 0 bridgehead atoms. The zero-order valence-corrected chi connectivity index (χ0v) is 19.8. The van der Waals surface area contributed by atoms with Crippen molar-refractivity contribution in [3.63, 3.8) is 0 Å². The maximum atomic E-state index is 13.5. The fourth-order valence-electron chi connectivity index (χ4n) is 4.65. The minimum absolute atomic E-state index is 0.158. The molecule has 0 radical (unpaired) electrons. The number of nitrogens with zero attached hydrogens (tertiary/aromatic N) is 1. The maximum Gasteiger partial charge on any atom is 0.315 e. The third-order valence-electron chi connectivity index (χ3n) is 6.66. The van der Waals surface area contributed by atoms with Gasteiger partial charge in [-0.1, -0.05) is 47.0 Å². The van der Waals surface area contributed by atoms with Crippen molar-refractivity contribution in [3.05, 3.63) is 0 Å². The van der Waals surface area contributed by atoms with Gasteiger partial charge in [-0.2, -0.15) is 0 Å². The number of carbonyl (C=O) groups excluding carboxylic acids is 5. The van der Waals surface area contributed by atoms with Gasteiger partial charge in [-0.05, 0) is 37.5 Å². The normalized spacial score (nSPS) is 21.4. The van der Waals surface area contributed by atoms with Crippen molar-refractivity contribution in [3.8, 4) is 0 Å². The molecule has 2 unspecified atom stereocenters. The molecule has 1 heterocycles. The molecule has 4 amide bonds. The largest absolute Gasteiger partial charge is 0.347 e. The Morgan fingerprint density at radius 2 is 1.75 bits per heavy atom. The third-order valence-corrected chi connectivity index (χ3v) is 6.66. The molecule has 2 aliphatic rings. The molecule has 3 N–H and O–H groups in total. The predicted octanol–water partition coefficient (Wildman–Crippen LogP) is 1.69. The highest BCUT2D eigenvalue weighted by atomic mass is 16.2. The van der Waals surface area contributed by atoms with Crippen LogP contribution in [0.2, 0.25) is 0 Å². The molecule has 1 saturated heterocycles. The molecule has 0 aromatic rings. The van der Waals surface area contributed by atoms with Crippen molar-refractivity contribution in [2.45, 2.75) is 96.7 Å². The van der Waals surface area contributed by atoms with Gasteiger partial charge in [0.1, 0.15) is 12.1 Å². The van der Waals surface area contributed by atoms with Crippen LogP contribution >= 0.6 is 0 Å². The molecule has 32 heavy (non-hydrogen) atoms. The Balaban J connectivity index is 2.10. The summed E-state index contributed by atoms with van der Waals surface area (Å²) in [5, 5.41) is 8.45. The number of aldehydes is 1. The number of carbonyl (C=O) groups is 5. The van der Waals surface area contributed by atoms with Crippen LogP contribution in [-0.4, -0.2) is 65.5 Å². The van der Waals surface area contributed by atoms with Gasteiger partial charge in [0.15, 0.2) is 6.29 Å². The monoisotopic (exact) mass is 450 g/mol. The molecule has 9 nitrogen and oxygen atoms in total. The van der Waals surface area contributed by atoms with Gasteiger partial charge in [0.2, 0.25) is 17.6 Å². The molecule has 1 saturated carbocycles. The number of nitrogens with one attached hydrogen (secondary N) is 3.